The quantitative estimate of drug-likeness (QED) is 0.315. The average molecular weight is 506 g/mol. The molecule has 0 amide bonds. The zero-order valence-corrected chi connectivity index (χ0v) is 20.1. The van der Waals surface area contributed by atoms with Gasteiger partial charge in [0.2, 0.25) is 11.8 Å². The molecule has 7 nitrogen and oxygen atoms in total. The molecule has 36 heavy (non-hydrogen) atoms. The van der Waals surface area contributed by atoms with Crippen LogP contribution in [0.4, 0.5) is 35.0 Å². The van der Waals surface area contributed by atoms with Gasteiger partial charge in [-0.15, -0.1) is 0 Å². The number of rotatable bonds is 6. The summed E-state index contributed by atoms with van der Waals surface area (Å²) < 4.78 is 57.0. The van der Waals surface area contributed by atoms with E-state index < -0.39 is 18.1 Å². The van der Waals surface area contributed by atoms with Gasteiger partial charge in [-0.1, -0.05) is 26.0 Å². The standard InChI is InChI=1S/C23H21F4N5O2.C2H6/c1-34-21-18(12-16(13-29-21)14-2-4-15(5-3-14)20(24)33)30-19-6-9-28-22(31-19)32-10-7-17(8-11-32)23(25,26)27;1-2/h2-6,9,12-13,17H,7-8,10-11H2,1H3,(H,28,30,31);1-2H3. The smallest absolute Gasteiger partial charge is 0.391 e. The van der Waals surface area contributed by atoms with Crippen molar-refractivity contribution in [1.29, 1.82) is 0 Å². The summed E-state index contributed by atoms with van der Waals surface area (Å²) in [6.45, 7) is 4.43. The highest BCUT2D eigenvalue weighted by Gasteiger charge is 2.41. The van der Waals surface area contributed by atoms with Crippen LogP contribution >= 0.6 is 0 Å². The van der Waals surface area contributed by atoms with E-state index in [9.17, 15) is 22.4 Å². The zero-order chi connectivity index (χ0) is 26.3. The molecule has 11 heteroatoms. The number of anilines is 3. The molecule has 0 spiro atoms. The Labute approximate surface area is 206 Å². The Morgan fingerprint density at radius 2 is 1.72 bits per heavy atom. The molecule has 192 valence electrons. The van der Waals surface area contributed by atoms with Crippen molar-refractivity contribution in [2.75, 3.05) is 30.4 Å². The second-order valence-corrected chi connectivity index (χ2v) is 7.80. The number of nitrogens with one attached hydrogen (secondary N) is 1. The lowest BCUT2D eigenvalue weighted by Gasteiger charge is -2.32. The summed E-state index contributed by atoms with van der Waals surface area (Å²) in [4.78, 5) is 25.5. The lowest BCUT2D eigenvalue weighted by molar-refractivity contribution is -0.179. The molecule has 3 aromatic rings. The molecule has 0 aliphatic carbocycles. The van der Waals surface area contributed by atoms with Crippen LogP contribution in [-0.4, -0.2) is 47.4 Å². The maximum absolute atomic E-state index is 12.9. The van der Waals surface area contributed by atoms with E-state index in [-0.39, 0.29) is 31.5 Å². The van der Waals surface area contributed by atoms with E-state index in [1.165, 1.54) is 25.4 Å². The van der Waals surface area contributed by atoms with Gasteiger partial charge in [-0.25, -0.2) is 9.97 Å². The van der Waals surface area contributed by atoms with Crippen LogP contribution < -0.4 is 15.0 Å². The minimum atomic E-state index is -4.19. The second-order valence-electron chi connectivity index (χ2n) is 7.80. The Hall–Kier alpha value is -3.76. The van der Waals surface area contributed by atoms with Gasteiger partial charge < -0.3 is 15.0 Å². The highest BCUT2D eigenvalue weighted by molar-refractivity contribution is 5.89. The number of halogens is 4. The number of ether oxygens (including phenoxy) is 1. The lowest BCUT2D eigenvalue weighted by atomic mass is 9.96. The number of piperidine rings is 1. The second kappa shape index (κ2) is 11.8. The highest BCUT2D eigenvalue weighted by atomic mass is 19.4. The summed E-state index contributed by atoms with van der Waals surface area (Å²) in [5.74, 6) is -0.260. The summed E-state index contributed by atoms with van der Waals surface area (Å²) in [5.41, 5.74) is 1.84. The molecule has 1 aliphatic heterocycles. The van der Waals surface area contributed by atoms with Crippen LogP contribution in [0.25, 0.3) is 11.1 Å². The molecule has 1 saturated heterocycles. The van der Waals surface area contributed by atoms with Crippen molar-refractivity contribution >= 4 is 23.5 Å². The summed E-state index contributed by atoms with van der Waals surface area (Å²) in [7, 11) is 1.46. The Morgan fingerprint density at radius 1 is 1.06 bits per heavy atom. The van der Waals surface area contributed by atoms with E-state index >= 15 is 0 Å². The molecular weight excluding hydrogens is 478 g/mol. The summed E-state index contributed by atoms with van der Waals surface area (Å²) in [6.07, 6.45) is -1.09. The van der Waals surface area contributed by atoms with Crippen molar-refractivity contribution in [1.82, 2.24) is 15.0 Å². The SMILES string of the molecule is CC.COc1ncc(-c2ccc(C(=O)F)cc2)cc1Nc1ccnc(N2CCC(C(F)(F)F)CC2)n1. The van der Waals surface area contributed by atoms with Gasteiger partial charge in [-0.2, -0.15) is 22.5 Å². The lowest BCUT2D eigenvalue weighted by Crippen LogP contribution is -2.39. The Balaban J connectivity index is 0.00000176. The van der Waals surface area contributed by atoms with Crippen LogP contribution in [0.5, 0.6) is 5.88 Å². The van der Waals surface area contributed by atoms with Gasteiger partial charge in [0.25, 0.3) is 0 Å². The minimum Gasteiger partial charge on any atom is -0.480 e. The van der Waals surface area contributed by atoms with E-state index in [0.29, 0.717) is 34.5 Å². The van der Waals surface area contributed by atoms with Gasteiger partial charge in [-0.3, -0.25) is 4.79 Å². The van der Waals surface area contributed by atoms with E-state index in [4.69, 9.17) is 4.74 Å². The molecule has 0 atom stereocenters. The first kappa shape index (κ1) is 26.8. The number of nitrogens with zero attached hydrogens (tertiary/aromatic N) is 4. The molecule has 2 aromatic heterocycles. The topological polar surface area (TPSA) is 80.2 Å². The third-order valence-corrected chi connectivity index (χ3v) is 5.64. The van der Waals surface area contributed by atoms with Gasteiger partial charge in [0, 0.05) is 31.0 Å². The van der Waals surface area contributed by atoms with E-state index in [1.54, 1.807) is 35.4 Å². The first-order valence-electron chi connectivity index (χ1n) is 11.5. The van der Waals surface area contributed by atoms with Gasteiger partial charge in [0.05, 0.1) is 18.6 Å². The molecule has 1 N–H and O–H groups in total. The first-order valence-corrected chi connectivity index (χ1v) is 11.5. The van der Waals surface area contributed by atoms with Gasteiger partial charge in [-0.05, 0) is 42.7 Å². The molecule has 0 saturated carbocycles. The van der Waals surface area contributed by atoms with Gasteiger partial charge in [0.1, 0.15) is 11.5 Å². The van der Waals surface area contributed by atoms with Crippen molar-refractivity contribution in [3.05, 3.63) is 54.4 Å². The Morgan fingerprint density at radius 3 is 2.31 bits per heavy atom. The van der Waals surface area contributed by atoms with Crippen LogP contribution in [0.3, 0.4) is 0 Å². The molecule has 1 fully saturated rings. The maximum Gasteiger partial charge on any atom is 0.391 e. The number of benzene rings is 1. The number of carbonyl (C=O) groups excluding carboxylic acids is 1. The number of aromatic nitrogens is 3. The molecule has 1 aromatic carbocycles. The van der Waals surface area contributed by atoms with Crippen LogP contribution in [0.2, 0.25) is 0 Å². The largest absolute Gasteiger partial charge is 0.480 e. The number of hydrogen-bond acceptors (Lipinski definition) is 7. The van der Waals surface area contributed by atoms with Crippen LogP contribution in [0.1, 0.15) is 37.0 Å². The monoisotopic (exact) mass is 505 g/mol. The first-order chi connectivity index (χ1) is 17.2. The number of hydrogen-bond donors (Lipinski definition) is 1. The number of pyridine rings is 1. The van der Waals surface area contributed by atoms with Crippen LogP contribution in [0, 0.1) is 5.92 Å². The molecule has 1 aliphatic rings. The number of alkyl halides is 3. The predicted molar refractivity (Wildman–Crippen MR) is 129 cm³/mol. The van der Waals surface area contributed by atoms with E-state index in [0.717, 1.165) is 0 Å². The predicted octanol–water partition coefficient (Wildman–Crippen LogP) is 6.21. The molecular formula is C25H27F4N5O2. The fourth-order valence-electron chi connectivity index (χ4n) is 3.77. The molecule has 0 unspecified atom stereocenters. The van der Waals surface area contributed by atoms with Crippen LogP contribution in [0.15, 0.2) is 48.8 Å². The van der Waals surface area contributed by atoms with Crippen molar-refractivity contribution in [3.8, 4) is 17.0 Å². The average Bonchev–Trinajstić information content (AvgIpc) is 2.89. The number of methoxy groups -OCH3 is 1. The minimum absolute atomic E-state index is 0.00288. The van der Waals surface area contributed by atoms with Gasteiger partial charge >= 0.3 is 12.2 Å². The Kier molecular flexibility index (Phi) is 8.78. The third-order valence-electron chi connectivity index (χ3n) is 5.64. The highest BCUT2D eigenvalue weighted by Crippen LogP contribution is 2.35. The summed E-state index contributed by atoms with van der Waals surface area (Å²) in [6, 6.07) is 7.85. The van der Waals surface area contributed by atoms with Crippen molar-refractivity contribution in [2.45, 2.75) is 32.9 Å². The fourth-order valence-corrected chi connectivity index (χ4v) is 3.77. The van der Waals surface area contributed by atoms with Gasteiger partial charge in [0.15, 0.2) is 0 Å². The molecule has 0 bridgehead atoms. The van der Waals surface area contributed by atoms with Crippen molar-refractivity contribution in [3.63, 3.8) is 0 Å². The van der Waals surface area contributed by atoms with Crippen molar-refractivity contribution in [2.24, 2.45) is 5.92 Å². The van der Waals surface area contributed by atoms with E-state index in [2.05, 4.69) is 20.3 Å². The molecule has 0 radical (unpaired) electrons. The maximum atomic E-state index is 12.9. The summed E-state index contributed by atoms with van der Waals surface area (Å²) >= 11 is 0. The number of carbonyl (C=O) groups is 1. The normalized spacial score (nSPS) is 14.0. The fraction of sp³-hybridized carbons (Fsp3) is 0.360. The van der Waals surface area contributed by atoms with Crippen LogP contribution in [-0.2, 0) is 0 Å². The summed E-state index contributed by atoms with van der Waals surface area (Å²) in [5, 5.41) is 3.12. The third kappa shape index (κ3) is 6.46. The van der Waals surface area contributed by atoms with E-state index in [1.807, 2.05) is 13.8 Å². The molecule has 4 rings (SSSR count). The zero-order valence-electron chi connectivity index (χ0n) is 20.1. The van der Waals surface area contributed by atoms with Crippen molar-refractivity contribution < 1.29 is 27.1 Å². The Bertz CT molecular complexity index is 1160. The molecule has 3 heterocycles.